The molecule has 90 valence electrons. The second kappa shape index (κ2) is 5.01. The molecule has 4 heteroatoms. The molecule has 1 atom stereocenters. The summed E-state index contributed by atoms with van der Waals surface area (Å²) in [4.78, 5) is 0. The Morgan fingerprint density at radius 1 is 1.41 bits per heavy atom. The van der Waals surface area contributed by atoms with E-state index in [9.17, 15) is 0 Å². The number of nitrogens with zero attached hydrogens (tertiary/aromatic N) is 2. The summed E-state index contributed by atoms with van der Waals surface area (Å²) in [7, 11) is 1.66. The van der Waals surface area contributed by atoms with Gasteiger partial charge in [-0.2, -0.15) is 5.10 Å². The highest BCUT2D eigenvalue weighted by atomic mass is 16.5. The van der Waals surface area contributed by atoms with Crippen LogP contribution >= 0.6 is 0 Å². The Morgan fingerprint density at radius 2 is 2.24 bits per heavy atom. The Hall–Kier alpha value is -1.81. The summed E-state index contributed by atoms with van der Waals surface area (Å²) in [5, 5.41) is 4.34. The molecule has 1 heterocycles. The van der Waals surface area contributed by atoms with Gasteiger partial charge in [0.25, 0.3) is 0 Å². The van der Waals surface area contributed by atoms with Gasteiger partial charge in [0.05, 0.1) is 12.8 Å². The highest BCUT2D eigenvalue weighted by molar-refractivity contribution is 5.40. The molecule has 1 unspecified atom stereocenters. The molecule has 0 radical (unpaired) electrons. The lowest BCUT2D eigenvalue weighted by Crippen LogP contribution is -2.13. The second-order valence-electron chi connectivity index (χ2n) is 4.01. The fourth-order valence-electron chi connectivity index (χ4n) is 1.77. The number of hydrogen-bond donors (Lipinski definition) is 1. The molecule has 4 nitrogen and oxygen atoms in total. The molecule has 2 rings (SSSR count). The van der Waals surface area contributed by atoms with Crippen molar-refractivity contribution in [3.05, 3.63) is 42.2 Å². The van der Waals surface area contributed by atoms with E-state index in [4.69, 9.17) is 10.5 Å². The summed E-state index contributed by atoms with van der Waals surface area (Å²) in [5.41, 5.74) is 7.80. The molecule has 1 aromatic carbocycles. The van der Waals surface area contributed by atoms with Gasteiger partial charge in [0, 0.05) is 30.4 Å². The van der Waals surface area contributed by atoms with Crippen molar-refractivity contribution in [1.29, 1.82) is 0 Å². The fourth-order valence-corrected chi connectivity index (χ4v) is 1.77. The van der Waals surface area contributed by atoms with Crippen molar-refractivity contribution < 1.29 is 4.74 Å². The van der Waals surface area contributed by atoms with Crippen LogP contribution in [0, 0.1) is 0 Å². The van der Waals surface area contributed by atoms with Crippen LogP contribution in [0.4, 0.5) is 0 Å². The first-order valence-electron chi connectivity index (χ1n) is 5.64. The number of aromatic nitrogens is 2. The number of benzene rings is 1. The maximum absolute atomic E-state index is 5.70. The molecule has 2 aromatic rings. The lowest BCUT2D eigenvalue weighted by molar-refractivity contribution is 0.414. The summed E-state index contributed by atoms with van der Waals surface area (Å²) in [6, 6.07) is 9.82. The molecule has 0 amide bonds. The van der Waals surface area contributed by atoms with Crippen molar-refractivity contribution in [2.24, 2.45) is 5.73 Å². The van der Waals surface area contributed by atoms with Gasteiger partial charge >= 0.3 is 0 Å². The molecule has 0 saturated heterocycles. The lowest BCUT2D eigenvalue weighted by atomic mass is 10.1. The van der Waals surface area contributed by atoms with Crippen LogP contribution < -0.4 is 10.5 Å². The van der Waals surface area contributed by atoms with Crippen molar-refractivity contribution in [3.8, 4) is 11.4 Å². The first-order valence-corrected chi connectivity index (χ1v) is 5.64. The summed E-state index contributed by atoms with van der Waals surface area (Å²) in [5.74, 6) is 1.10. The monoisotopic (exact) mass is 231 g/mol. The minimum Gasteiger partial charge on any atom is -0.497 e. The minimum atomic E-state index is 0.281. The first-order chi connectivity index (χ1) is 8.26. The lowest BCUT2D eigenvalue weighted by Gasteiger charge is -2.12. The normalized spacial score (nSPS) is 12.4. The van der Waals surface area contributed by atoms with E-state index in [1.807, 2.05) is 35.0 Å². The van der Waals surface area contributed by atoms with Crippen LogP contribution in [-0.2, 0) is 0 Å². The fraction of sp³-hybridized carbons (Fsp3) is 0.308. The van der Waals surface area contributed by atoms with Gasteiger partial charge < -0.3 is 10.5 Å². The summed E-state index contributed by atoms with van der Waals surface area (Å²) in [6.45, 7) is 2.70. The van der Waals surface area contributed by atoms with Crippen molar-refractivity contribution in [2.45, 2.75) is 12.8 Å². The third-order valence-corrected chi connectivity index (χ3v) is 2.83. The van der Waals surface area contributed by atoms with Gasteiger partial charge in [-0.1, -0.05) is 13.0 Å². The molecule has 0 fully saturated rings. The average molecular weight is 231 g/mol. The zero-order chi connectivity index (χ0) is 12.3. The van der Waals surface area contributed by atoms with E-state index in [0.29, 0.717) is 6.54 Å². The smallest absolute Gasteiger partial charge is 0.121 e. The van der Waals surface area contributed by atoms with Gasteiger partial charge in [0.2, 0.25) is 0 Å². The van der Waals surface area contributed by atoms with Gasteiger partial charge in [-0.15, -0.1) is 0 Å². The van der Waals surface area contributed by atoms with Gasteiger partial charge in [0.15, 0.2) is 0 Å². The van der Waals surface area contributed by atoms with Crippen molar-refractivity contribution >= 4 is 0 Å². The van der Waals surface area contributed by atoms with Gasteiger partial charge in [-0.3, -0.25) is 0 Å². The molecule has 2 N–H and O–H groups in total. The predicted octanol–water partition coefficient (Wildman–Crippen LogP) is 1.94. The molecule has 0 aliphatic heterocycles. The average Bonchev–Trinajstić information content (AvgIpc) is 2.87. The van der Waals surface area contributed by atoms with Crippen LogP contribution in [0.5, 0.6) is 5.75 Å². The molecule has 0 bridgehead atoms. The Morgan fingerprint density at radius 3 is 2.94 bits per heavy atom. The van der Waals surface area contributed by atoms with E-state index in [-0.39, 0.29) is 5.92 Å². The molecule has 0 spiro atoms. The quantitative estimate of drug-likeness (QED) is 0.875. The van der Waals surface area contributed by atoms with E-state index in [2.05, 4.69) is 12.0 Å². The Labute approximate surface area is 101 Å². The molecule has 0 aliphatic rings. The summed E-state index contributed by atoms with van der Waals surface area (Å²) >= 11 is 0. The van der Waals surface area contributed by atoms with E-state index < -0.39 is 0 Å². The largest absolute Gasteiger partial charge is 0.497 e. The number of ether oxygens (including phenoxy) is 1. The number of nitrogens with two attached hydrogens (primary N) is 1. The molecular weight excluding hydrogens is 214 g/mol. The van der Waals surface area contributed by atoms with Gasteiger partial charge in [-0.05, 0) is 18.2 Å². The van der Waals surface area contributed by atoms with Crippen molar-refractivity contribution in [3.63, 3.8) is 0 Å². The standard InChI is InChI=1S/C13H17N3O/c1-10(9-14)13-6-7-15-16(13)11-4-3-5-12(8-11)17-2/h3-8,10H,9,14H2,1-2H3. The van der Waals surface area contributed by atoms with Crippen molar-refractivity contribution in [1.82, 2.24) is 9.78 Å². The second-order valence-corrected chi connectivity index (χ2v) is 4.01. The van der Waals surface area contributed by atoms with Gasteiger partial charge in [-0.25, -0.2) is 4.68 Å². The zero-order valence-corrected chi connectivity index (χ0v) is 10.1. The first kappa shape index (κ1) is 11.7. The van der Waals surface area contributed by atoms with Crippen LogP contribution in [0.3, 0.4) is 0 Å². The van der Waals surface area contributed by atoms with Crippen LogP contribution in [0.2, 0.25) is 0 Å². The Bertz CT molecular complexity index is 493. The number of rotatable bonds is 4. The zero-order valence-electron chi connectivity index (χ0n) is 10.1. The summed E-state index contributed by atoms with van der Waals surface area (Å²) in [6.07, 6.45) is 1.79. The third kappa shape index (κ3) is 2.31. The Kier molecular flexibility index (Phi) is 3.44. The van der Waals surface area contributed by atoms with Crippen LogP contribution in [0.25, 0.3) is 5.69 Å². The van der Waals surface area contributed by atoms with E-state index in [0.717, 1.165) is 17.1 Å². The topological polar surface area (TPSA) is 53.1 Å². The number of hydrogen-bond acceptors (Lipinski definition) is 3. The molecule has 1 aromatic heterocycles. The van der Waals surface area contributed by atoms with Gasteiger partial charge in [0.1, 0.15) is 5.75 Å². The molecular formula is C13H17N3O. The summed E-state index contributed by atoms with van der Waals surface area (Å²) < 4.78 is 7.12. The maximum Gasteiger partial charge on any atom is 0.121 e. The van der Waals surface area contributed by atoms with Crippen LogP contribution in [0.15, 0.2) is 36.5 Å². The highest BCUT2D eigenvalue weighted by Crippen LogP contribution is 2.21. The maximum atomic E-state index is 5.70. The molecule has 0 aliphatic carbocycles. The van der Waals surface area contributed by atoms with Crippen LogP contribution in [-0.4, -0.2) is 23.4 Å². The van der Waals surface area contributed by atoms with E-state index in [1.54, 1.807) is 13.3 Å². The minimum absolute atomic E-state index is 0.281. The molecule has 0 saturated carbocycles. The highest BCUT2D eigenvalue weighted by Gasteiger charge is 2.11. The third-order valence-electron chi connectivity index (χ3n) is 2.83. The van der Waals surface area contributed by atoms with E-state index >= 15 is 0 Å². The van der Waals surface area contributed by atoms with Crippen molar-refractivity contribution in [2.75, 3.05) is 13.7 Å². The van der Waals surface area contributed by atoms with E-state index in [1.165, 1.54) is 0 Å². The Balaban J connectivity index is 2.42. The molecule has 17 heavy (non-hydrogen) atoms. The number of methoxy groups -OCH3 is 1. The SMILES string of the molecule is COc1cccc(-n2nccc2C(C)CN)c1. The van der Waals surface area contributed by atoms with Crippen LogP contribution in [0.1, 0.15) is 18.5 Å². The predicted molar refractivity (Wildman–Crippen MR) is 67.6 cm³/mol.